The molecule has 0 unspecified atom stereocenters. The van der Waals surface area contributed by atoms with Crippen LogP contribution in [-0.2, 0) is 0 Å². The molecule has 2 rings (SSSR count). The summed E-state index contributed by atoms with van der Waals surface area (Å²) in [4.78, 5) is 9.05. The molecule has 0 aliphatic rings. The Morgan fingerprint density at radius 2 is 1.90 bits per heavy atom. The van der Waals surface area contributed by atoms with E-state index < -0.39 is 0 Å². The Kier molecular flexibility index (Phi) is 4.80. The van der Waals surface area contributed by atoms with E-state index >= 15 is 0 Å². The Balaban J connectivity index is 2.45. The van der Waals surface area contributed by atoms with Crippen LogP contribution in [0.3, 0.4) is 0 Å². The van der Waals surface area contributed by atoms with Gasteiger partial charge in [-0.2, -0.15) is 4.98 Å². The summed E-state index contributed by atoms with van der Waals surface area (Å²) in [5.41, 5.74) is 0.913. The molecular weight excluding hydrogens is 365 g/mol. The fraction of sp³-hybridized carbons (Fsp3) is 0.333. The topological polar surface area (TPSA) is 47.0 Å². The Morgan fingerprint density at radius 3 is 2.50 bits per heavy atom. The normalized spacial score (nSPS) is 10.7. The minimum Gasteiger partial charge on any atom is -0.437 e. The summed E-state index contributed by atoms with van der Waals surface area (Å²) in [5, 5.41) is 3.10. The number of rotatable bonds is 4. The van der Waals surface area contributed by atoms with Crippen LogP contribution in [0.5, 0.6) is 11.6 Å². The molecule has 0 aliphatic heterocycles. The first kappa shape index (κ1) is 15.0. The molecular formula is C15H18IN3O. The average molecular weight is 383 g/mol. The van der Waals surface area contributed by atoms with Crippen molar-refractivity contribution in [3.05, 3.63) is 39.2 Å². The first-order valence-corrected chi connectivity index (χ1v) is 7.59. The molecule has 0 spiro atoms. The van der Waals surface area contributed by atoms with Crippen molar-refractivity contribution in [3.8, 4) is 11.6 Å². The third-order valence-corrected chi connectivity index (χ3v) is 3.81. The van der Waals surface area contributed by atoms with Crippen LogP contribution in [0.15, 0.2) is 24.3 Å². The first-order valence-electron chi connectivity index (χ1n) is 6.51. The van der Waals surface area contributed by atoms with Crippen molar-refractivity contribution in [2.45, 2.75) is 26.7 Å². The third-order valence-electron chi connectivity index (χ3n) is 2.91. The number of para-hydroxylation sites is 1. The minimum atomic E-state index is 0.250. The SMILES string of the molecule is CNc1nc(C(C)C)nc(Oc2ccccc2I)c1C. The molecule has 0 saturated carbocycles. The second-order valence-corrected chi connectivity index (χ2v) is 5.96. The molecule has 20 heavy (non-hydrogen) atoms. The van der Waals surface area contributed by atoms with Crippen LogP contribution in [0, 0.1) is 10.5 Å². The van der Waals surface area contributed by atoms with E-state index in [0.29, 0.717) is 5.88 Å². The first-order chi connectivity index (χ1) is 9.52. The van der Waals surface area contributed by atoms with Crippen LogP contribution in [-0.4, -0.2) is 17.0 Å². The van der Waals surface area contributed by atoms with Gasteiger partial charge >= 0.3 is 0 Å². The zero-order valence-corrected chi connectivity index (χ0v) is 14.2. The van der Waals surface area contributed by atoms with E-state index in [4.69, 9.17) is 4.74 Å². The molecule has 1 aromatic heterocycles. The standard InChI is InChI=1S/C15H18IN3O/c1-9(2)13-18-14(17-4)10(3)15(19-13)20-12-8-6-5-7-11(12)16/h5-9H,1-4H3,(H,17,18,19). The van der Waals surface area contributed by atoms with Gasteiger partial charge in [0.15, 0.2) is 0 Å². The van der Waals surface area contributed by atoms with Gasteiger partial charge in [-0.3, -0.25) is 0 Å². The number of halogens is 1. The lowest BCUT2D eigenvalue weighted by molar-refractivity contribution is 0.450. The van der Waals surface area contributed by atoms with Gasteiger partial charge in [-0.25, -0.2) is 4.98 Å². The number of hydrogen-bond donors (Lipinski definition) is 1. The summed E-state index contributed by atoms with van der Waals surface area (Å²) in [7, 11) is 1.86. The quantitative estimate of drug-likeness (QED) is 0.798. The van der Waals surface area contributed by atoms with Crippen molar-refractivity contribution < 1.29 is 4.74 Å². The van der Waals surface area contributed by atoms with Crippen molar-refractivity contribution in [1.82, 2.24) is 9.97 Å². The van der Waals surface area contributed by atoms with Crippen molar-refractivity contribution >= 4 is 28.4 Å². The molecule has 106 valence electrons. The lowest BCUT2D eigenvalue weighted by Gasteiger charge is -2.14. The highest BCUT2D eigenvalue weighted by atomic mass is 127. The van der Waals surface area contributed by atoms with Crippen molar-refractivity contribution in [2.75, 3.05) is 12.4 Å². The molecule has 0 saturated heterocycles. The van der Waals surface area contributed by atoms with Gasteiger partial charge < -0.3 is 10.1 Å². The molecule has 0 bridgehead atoms. The number of hydrogen-bond acceptors (Lipinski definition) is 4. The lowest BCUT2D eigenvalue weighted by Crippen LogP contribution is -2.06. The van der Waals surface area contributed by atoms with Crippen LogP contribution in [0.2, 0.25) is 0 Å². The van der Waals surface area contributed by atoms with Crippen LogP contribution in [0.4, 0.5) is 5.82 Å². The highest BCUT2D eigenvalue weighted by Gasteiger charge is 2.14. The van der Waals surface area contributed by atoms with Crippen LogP contribution < -0.4 is 10.1 Å². The zero-order chi connectivity index (χ0) is 14.7. The van der Waals surface area contributed by atoms with Crippen molar-refractivity contribution in [3.63, 3.8) is 0 Å². The van der Waals surface area contributed by atoms with Gasteiger partial charge in [0.1, 0.15) is 17.4 Å². The Morgan fingerprint density at radius 1 is 1.20 bits per heavy atom. The number of ether oxygens (including phenoxy) is 1. The number of anilines is 1. The summed E-state index contributed by atoms with van der Waals surface area (Å²) in [6.45, 7) is 6.10. The van der Waals surface area contributed by atoms with Gasteiger partial charge in [0, 0.05) is 13.0 Å². The molecule has 1 N–H and O–H groups in total. The Bertz CT molecular complexity index is 614. The van der Waals surface area contributed by atoms with Crippen LogP contribution in [0.1, 0.15) is 31.2 Å². The predicted octanol–water partition coefficient (Wildman–Crippen LogP) is 4.35. The summed E-state index contributed by atoms with van der Waals surface area (Å²) >= 11 is 2.25. The summed E-state index contributed by atoms with van der Waals surface area (Å²) in [5.74, 6) is 3.26. The van der Waals surface area contributed by atoms with Gasteiger partial charge in [0.2, 0.25) is 5.88 Å². The van der Waals surface area contributed by atoms with Crippen molar-refractivity contribution in [1.29, 1.82) is 0 Å². The van der Waals surface area contributed by atoms with Crippen LogP contribution >= 0.6 is 22.6 Å². The van der Waals surface area contributed by atoms with Gasteiger partial charge in [-0.05, 0) is 41.6 Å². The van der Waals surface area contributed by atoms with Gasteiger partial charge in [0.05, 0.1) is 9.13 Å². The van der Waals surface area contributed by atoms with E-state index in [9.17, 15) is 0 Å². The Labute approximate surface area is 133 Å². The molecule has 0 fully saturated rings. The van der Waals surface area contributed by atoms with E-state index in [-0.39, 0.29) is 5.92 Å². The molecule has 1 heterocycles. The summed E-state index contributed by atoms with van der Waals surface area (Å²) < 4.78 is 7.03. The van der Waals surface area contributed by atoms with Gasteiger partial charge in [-0.1, -0.05) is 26.0 Å². The van der Waals surface area contributed by atoms with Crippen LogP contribution in [0.25, 0.3) is 0 Å². The molecule has 2 aromatic rings. The third kappa shape index (κ3) is 3.20. The second kappa shape index (κ2) is 6.39. The molecule has 0 atom stereocenters. The summed E-state index contributed by atoms with van der Waals surface area (Å²) in [6, 6.07) is 7.89. The van der Waals surface area contributed by atoms with E-state index in [1.54, 1.807) is 0 Å². The van der Waals surface area contributed by atoms with Gasteiger partial charge in [0.25, 0.3) is 0 Å². The van der Waals surface area contributed by atoms with E-state index in [0.717, 1.165) is 26.5 Å². The number of nitrogens with one attached hydrogen (secondary N) is 1. The molecule has 4 nitrogen and oxygen atoms in total. The largest absolute Gasteiger partial charge is 0.437 e. The highest BCUT2D eigenvalue weighted by molar-refractivity contribution is 14.1. The molecule has 1 aromatic carbocycles. The minimum absolute atomic E-state index is 0.250. The number of aromatic nitrogens is 2. The lowest BCUT2D eigenvalue weighted by atomic mass is 10.2. The number of benzene rings is 1. The predicted molar refractivity (Wildman–Crippen MR) is 89.6 cm³/mol. The zero-order valence-electron chi connectivity index (χ0n) is 12.1. The van der Waals surface area contributed by atoms with E-state index in [1.807, 2.05) is 38.2 Å². The molecule has 0 amide bonds. The Hall–Kier alpha value is -1.37. The fourth-order valence-electron chi connectivity index (χ4n) is 1.75. The van der Waals surface area contributed by atoms with Gasteiger partial charge in [-0.15, -0.1) is 0 Å². The van der Waals surface area contributed by atoms with E-state index in [1.165, 1.54) is 0 Å². The molecule has 0 aliphatic carbocycles. The molecule has 5 heteroatoms. The number of nitrogens with zero attached hydrogens (tertiary/aromatic N) is 2. The highest BCUT2D eigenvalue weighted by Crippen LogP contribution is 2.30. The smallest absolute Gasteiger partial charge is 0.227 e. The maximum absolute atomic E-state index is 5.97. The summed E-state index contributed by atoms with van der Waals surface area (Å²) in [6.07, 6.45) is 0. The maximum Gasteiger partial charge on any atom is 0.227 e. The molecule has 0 radical (unpaired) electrons. The average Bonchev–Trinajstić information content (AvgIpc) is 2.43. The fourth-order valence-corrected chi connectivity index (χ4v) is 2.24. The monoisotopic (exact) mass is 383 g/mol. The van der Waals surface area contributed by atoms with Crippen molar-refractivity contribution in [2.24, 2.45) is 0 Å². The second-order valence-electron chi connectivity index (χ2n) is 4.80. The maximum atomic E-state index is 5.97. The van der Waals surface area contributed by atoms with E-state index in [2.05, 4.69) is 51.7 Å².